The predicted octanol–water partition coefficient (Wildman–Crippen LogP) is 3.44. The van der Waals surface area contributed by atoms with E-state index in [2.05, 4.69) is 47.2 Å². The number of ether oxygens (including phenoxy) is 1. The number of likely N-dealkylation sites (tertiary alicyclic amines) is 1. The van der Waals surface area contributed by atoms with Crippen LogP contribution in [0.15, 0.2) is 42.7 Å². The fourth-order valence-electron chi connectivity index (χ4n) is 4.24. The van der Waals surface area contributed by atoms with E-state index in [1.54, 1.807) is 24.5 Å². The molecule has 1 aromatic heterocycles. The van der Waals surface area contributed by atoms with Crippen LogP contribution in [0.25, 0.3) is 0 Å². The Morgan fingerprint density at radius 1 is 1.21 bits per heavy atom. The second-order valence-electron chi connectivity index (χ2n) is 8.61. The van der Waals surface area contributed by atoms with E-state index in [0.29, 0.717) is 11.5 Å². The molecule has 1 N–H and O–H groups in total. The number of fused-ring (bicyclic) bond motifs is 1. The molecule has 0 spiro atoms. The fraction of sp³-hybridized carbons (Fsp3) is 0.478. The fourth-order valence-corrected chi connectivity index (χ4v) is 4.24. The first-order valence-corrected chi connectivity index (χ1v) is 10.2. The van der Waals surface area contributed by atoms with Crippen molar-refractivity contribution in [3.05, 3.63) is 59.4 Å². The molecule has 2 aromatic rings. The van der Waals surface area contributed by atoms with Crippen molar-refractivity contribution in [2.24, 2.45) is 5.92 Å². The van der Waals surface area contributed by atoms with E-state index < -0.39 is 0 Å². The third-order valence-electron chi connectivity index (χ3n) is 5.77. The van der Waals surface area contributed by atoms with Gasteiger partial charge >= 0.3 is 0 Å². The molecular weight excluding hydrogens is 350 g/mol. The summed E-state index contributed by atoms with van der Waals surface area (Å²) in [6.45, 7) is 8.11. The van der Waals surface area contributed by atoms with Gasteiger partial charge in [0.25, 0.3) is 5.91 Å². The molecule has 0 bridgehead atoms. The van der Waals surface area contributed by atoms with Gasteiger partial charge in [-0.2, -0.15) is 0 Å². The van der Waals surface area contributed by atoms with Gasteiger partial charge in [0, 0.05) is 43.0 Å². The van der Waals surface area contributed by atoms with Gasteiger partial charge in [0.2, 0.25) is 0 Å². The quantitative estimate of drug-likeness (QED) is 0.865. The highest BCUT2D eigenvalue weighted by molar-refractivity contribution is 5.93. The third kappa shape index (κ3) is 4.36. The van der Waals surface area contributed by atoms with Crippen molar-refractivity contribution in [2.45, 2.75) is 45.3 Å². The topological polar surface area (TPSA) is 54.5 Å². The summed E-state index contributed by atoms with van der Waals surface area (Å²) in [5, 5.41) is 3.07. The Labute approximate surface area is 167 Å². The van der Waals surface area contributed by atoms with Crippen LogP contribution in [-0.4, -0.2) is 41.0 Å². The second-order valence-corrected chi connectivity index (χ2v) is 8.61. The number of benzene rings is 1. The van der Waals surface area contributed by atoms with Crippen molar-refractivity contribution >= 4 is 5.91 Å². The van der Waals surface area contributed by atoms with E-state index in [9.17, 15) is 4.79 Å². The Morgan fingerprint density at radius 2 is 1.96 bits per heavy atom. The van der Waals surface area contributed by atoms with Gasteiger partial charge in [-0.15, -0.1) is 0 Å². The predicted molar refractivity (Wildman–Crippen MR) is 109 cm³/mol. The van der Waals surface area contributed by atoms with Crippen LogP contribution in [-0.2, 0) is 13.0 Å². The van der Waals surface area contributed by atoms with Crippen LogP contribution in [0.1, 0.15) is 48.2 Å². The molecule has 2 aliphatic rings. The van der Waals surface area contributed by atoms with Crippen LogP contribution in [0.2, 0.25) is 0 Å². The normalized spacial score (nSPS) is 19.1. The third-order valence-corrected chi connectivity index (χ3v) is 5.77. The highest BCUT2D eigenvalue weighted by atomic mass is 16.5. The second kappa shape index (κ2) is 7.92. The highest BCUT2D eigenvalue weighted by Crippen LogP contribution is 2.38. The summed E-state index contributed by atoms with van der Waals surface area (Å²) < 4.78 is 6.22. The number of hydrogen-bond donors (Lipinski definition) is 1. The first-order valence-electron chi connectivity index (χ1n) is 10.2. The Kier molecular flexibility index (Phi) is 5.36. The van der Waals surface area contributed by atoms with Crippen molar-refractivity contribution in [3.63, 3.8) is 0 Å². The number of piperidine rings is 1. The van der Waals surface area contributed by atoms with Crippen LogP contribution in [0, 0.1) is 5.92 Å². The van der Waals surface area contributed by atoms with Gasteiger partial charge in [0.05, 0.1) is 0 Å². The molecule has 0 unspecified atom stereocenters. The lowest BCUT2D eigenvalue weighted by Gasteiger charge is -2.32. The molecule has 5 heteroatoms. The van der Waals surface area contributed by atoms with Crippen molar-refractivity contribution in [3.8, 4) is 5.75 Å². The van der Waals surface area contributed by atoms with Gasteiger partial charge < -0.3 is 10.1 Å². The largest absolute Gasteiger partial charge is 0.487 e. The number of amides is 1. The van der Waals surface area contributed by atoms with Crippen molar-refractivity contribution in [2.75, 3.05) is 19.6 Å². The van der Waals surface area contributed by atoms with E-state index >= 15 is 0 Å². The zero-order chi connectivity index (χ0) is 19.6. The molecule has 1 saturated heterocycles. The van der Waals surface area contributed by atoms with Crippen molar-refractivity contribution in [1.29, 1.82) is 0 Å². The monoisotopic (exact) mass is 379 g/mol. The summed E-state index contributed by atoms with van der Waals surface area (Å²) in [4.78, 5) is 18.7. The number of nitrogens with zero attached hydrogens (tertiary/aromatic N) is 2. The van der Waals surface area contributed by atoms with E-state index in [1.165, 1.54) is 11.1 Å². The molecule has 5 nitrogen and oxygen atoms in total. The molecule has 3 heterocycles. The minimum Gasteiger partial charge on any atom is -0.487 e. The van der Waals surface area contributed by atoms with Crippen LogP contribution in [0.5, 0.6) is 5.75 Å². The number of aromatic nitrogens is 1. The van der Waals surface area contributed by atoms with Gasteiger partial charge in [-0.1, -0.05) is 18.2 Å². The molecule has 0 saturated carbocycles. The maximum absolute atomic E-state index is 12.2. The van der Waals surface area contributed by atoms with E-state index in [0.717, 1.165) is 51.2 Å². The van der Waals surface area contributed by atoms with Crippen LogP contribution < -0.4 is 10.1 Å². The van der Waals surface area contributed by atoms with Crippen LogP contribution >= 0.6 is 0 Å². The molecule has 2 aliphatic heterocycles. The molecule has 1 amide bonds. The summed E-state index contributed by atoms with van der Waals surface area (Å²) in [5.41, 5.74) is 3.20. The molecule has 1 fully saturated rings. The molecular formula is C23H29N3O2. The maximum Gasteiger partial charge on any atom is 0.251 e. The number of nitrogens with one attached hydrogen (secondary N) is 1. The standard InChI is InChI=1S/C23H29N3O2/c1-23(2)14-19-4-3-5-20(21(19)28-23)16-26-12-8-17(9-13-26)15-25-22(27)18-6-10-24-11-7-18/h3-7,10-11,17H,8-9,12-16H2,1-2H3,(H,25,27). The number of rotatable bonds is 5. The minimum absolute atomic E-state index is 0.00978. The summed E-state index contributed by atoms with van der Waals surface area (Å²) in [7, 11) is 0. The van der Waals surface area contributed by atoms with Gasteiger partial charge in [-0.05, 0) is 63.4 Å². The van der Waals surface area contributed by atoms with Crippen molar-refractivity contribution < 1.29 is 9.53 Å². The molecule has 4 rings (SSSR count). The molecule has 148 valence electrons. The number of para-hydroxylation sites is 1. The molecule has 0 aliphatic carbocycles. The van der Waals surface area contributed by atoms with E-state index in [1.807, 2.05) is 0 Å². The Hall–Kier alpha value is -2.40. The van der Waals surface area contributed by atoms with Crippen LogP contribution in [0.4, 0.5) is 0 Å². The SMILES string of the molecule is CC1(C)Cc2cccc(CN3CCC(CNC(=O)c4ccncc4)CC3)c2O1. The Bertz CT molecular complexity index is 827. The zero-order valence-corrected chi connectivity index (χ0v) is 16.8. The van der Waals surface area contributed by atoms with Gasteiger partial charge in [-0.3, -0.25) is 14.7 Å². The van der Waals surface area contributed by atoms with Gasteiger partial charge in [-0.25, -0.2) is 0 Å². The molecule has 0 atom stereocenters. The summed E-state index contributed by atoms with van der Waals surface area (Å²) >= 11 is 0. The Morgan fingerprint density at radius 3 is 2.71 bits per heavy atom. The molecule has 1 aromatic carbocycles. The summed E-state index contributed by atoms with van der Waals surface area (Å²) in [6.07, 6.45) is 6.50. The minimum atomic E-state index is -0.0988. The highest BCUT2D eigenvalue weighted by Gasteiger charge is 2.32. The lowest BCUT2D eigenvalue weighted by Crippen LogP contribution is -2.38. The first-order chi connectivity index (χ1) is 13.5. The smallest absolute Gasteiger partial charge is 0.251 e. The van der Waals surface area contributed by atoms with E-state index in [4.69, 9.17) is 4.74 Å². The van der Waals surface area contributed by atoms with Crippen molar-refractivity contribution in [1.82, 2.24) is 15.2 Å². The number of carbonyl (C=O) groups is 1. The lowest BCUT2D eigenvalue weighted by atomic mass is 9.96. The summed E-state index contributed by atoms with van der Waals surface area (Å²) in [5.74, 6) is 1.63. The van der Waals surface area contributed by atoms with E-state index in [-0.39, 0.29) is 11.5 Å². The van der Waals surface area contributed by atoms with Crippen LogP contribution in [0.3, 0.4) is 0 Å². The summed E-state index contributed by atoms with van der Waals surface area (Å²) in [6, 6.07) is 10.0. The zero-order valence-electron chi connectivity index (χ0n) is 16.8. The Balaban J connectivity index is 1.27. The average molecular weight is 380 g/mol. The number of hydrogen-bond acceptors (Lipinski definition) is 4. The first kappa shape index (κ1) is 18.9. The molecule has 0 radical (unpaired) electrons. The lowest BCUT2D eigenvalue weighted by molar-refractivity contribution is 0.0934. The average Bonchev–Trinajstić information content (AvgIpc) is 3.03. The molecule has 28 heavy (non-hydrogen) atoms. The number of pyridine rings is 1. The van der Waals surface area contributed by atoms with Gasteiger partial charge in [0.1, 0.15) is 11.4 Å². The van der Waals surface area contributed by atoms with Gasteiger partial charge in [0.15, 0.2) is 0 Å². The maximum atomic E-state index is 12.2. The number of carbonyl (C=O) groups excluding carboxylic acids is 1.